The number of imide groups is 1. The van der Waals surface area contributed by atoms with E-state index < -0.39 is 17.8 Å². The summed E-state index contributed by atoms with van der Waals surface area (Å²) in [4.78, 5) is 70.7. The second-order valence-corrected chi connectivity index (χ2v) is 15.3. The van der Waals surface area contributed by atoms with Crippen LogP contribution in [0.5, 0.6) is 5.75 Å². The van der Waals surface area contributed by atoms with Crippen molar-refractivity contribution in [1.29, 1.82) is 0 Å². The molecule has 49 heavy (non-hydrogen) atoms. The predicted octanol–water partition coefficient (Wildman–Crippen LogP) is 5.96. The normalized spacial score (nSPS) is 26.2. The zero-order valence-corrected chi connectivity index (χ0v) is 28.5. The lowest BCUT2D eigenvalue weighted by atomic mass is 9.68. The van der Waals surface area contributed by atoms with Crippen molar-refractivity contribution >= 4 is 69.8 Å². The Balaban J connectivity index is 1.06. The number of benzene rings is 3. The van der Waals surface area contributed by atoms with Crippen molar-refractivity contribution in [2.45, 2.75) is 29.5 Å². The molecule has 3 heterocycles. The molecule has 2 bridgehead atoms. The average Bonchev–Trinajstić information content (AvgIpc) is 3.84. The highest BCUT2D eigenvalue weighted by molar-refractivity contribution is 8.00. The molecule has 3 amide bonds. The molecule has 10 nitrogen and oxygen atoms in total. The first-order chi connectivity index (χ1) is 23.7. The molecule has 2 aliphatic heterocycles. The Labute approximate surface area is 294 Å². The maximum atomic E-state index is 14.1. The number of amides is 3. The number of fused-ring (bicyclic) bond motifs is 9. The first-order valence-electron chi connectivity index (χ1n) is 16.0. The van der Waals surface area contributed by atoms with E-state index in [1.165, 1.54) is 16.2 Å². The van der Waals surface area contributed by atoms with E-state index in [-0.39, 0.29) is 64.7 Å². The molecular formula is C36H30ClN3O7S2. The summed E-state index contributed by atoms with van der Waals surface area (Å²) in [6.07, 6.45) is 0.752. The van der Waals surface area contributed by atoms with Crippen LogP contribution in [0.1, 0.15) is 40.1 Å². The van der Waals surface area contributed by atoms with Crippen LogP contribution < -0.4 is 19.8 Å². The fraction of sp³-hybridized carbons (Fsp3) is 0.306. The van der Waals surface area contributed by atoms with Gasteiger partial charge in [-0.1, -0.05) is 35.1 Å². The Morgan fingerprint density at radius 3 is 2.45 bits per heavy atom. The number of nitrogens with one attached hydrogen (secondary N) is 2. The number of hydrogen-bond donors (Lipinski definition) is 2. The van der Waals surface area contributed by atoms with Gasteiger partial charge in [0.2, 0.25) is 11.8 Å². The van der Waals surface area contributed by atoms with Crippen LogP contribution in [0.15, 0.2) is 82.6 Å². The van der Waals surface area contributed by atoms with Crippen molar-refractivity contribution < 1.29 is 28.7 Å². The number of aromatic nitrogens is 1. The van der Waals surface area contributed by atoms with Crippen LogP contribution in [0.2, 0.25) is 5.02 Å². The van der Waals surface area contributed by atoms with Gasteiger partial charge in [-0.25, -0.2) is 4.79 Å². The summed E-state index contributed by atoms with van der Waals surface area (Å²) in [5.74, 6) is -1.93. The summed E-state index contributed by atoms with van der Waals surface area (Å²) in [6.45, 7) is 1.77. The van der Waals surface area contributed by atoms with Gasteiger partial charge < -0.3 is 19.8 Å². The van der Waals surface area contributed by atoms with Gasteiger partial charge in [0.15, 0.2) is 6.61 Å². The minimum absolute atomic E-state index is 0.00143. The summed E-state index contributed by atoms with van der Waals surface area (Å²) in [5, 5.41) is 4.19. The smallest absolute Gasteiger partial charge is 0.338 e. The highest BCUT2D eigenvalue weighted by atomic mass is 35.5. The number of ether oxygens (including phenoxy) is 2. The average molecular weight is 716 g/mol. The van der Waals surface area contributed by atoms with E-state index in [2.05, 4.69) is 10.3 Å². The molecule has 1 aromatic heterocycles. The van der Waals surface area contributed by atoms with Gasteiger partial charge in [0.1, 0.15) is 5.75 Å². The van der Waals surface area contributed by atoms with Gasteiger partial charge in [0.25, 0.3) is 5.91 Å². The maximum Gasteiger partial charge on any atom is 0.338 e. The third kappa shape index (κ3) is 5.46. The van der Waals surface area contributed by atoms with Crippen molar-refractivity contribution in [2.24, 2.45) is 29.6 Å². The van der Waals surface area contributed by atoms with E-state index >= 15 is 0 Å². The molecule has 6 unspecified atom stereocenters. The Morgan fingerprint density at radius 1 is 0.980 bits per heavy atom. The number of H-pyrrole nitrogens is 1. The highest BCUT2D eigenvalue weighted by Gasteiger charge is 2.69. The van der Waals surface area contributed by atoms with E-state index in [0.29, 0.717) is 27.7 Å². The van der Waals surface area contributed by atoms with Gasteiger partial charge in [0, 0.05) is 26.8 Å². The molecule has 13 heteroatoms. The number of nitrogens with zero attached hydrogens (tertiary/aromatic N) is 1. The molecule has 1 saturated heterocycles. The Hall–Kier alpha value is -4.39. The third-order valence-corrected chi connectivity index (χ3v) is 12.9. The first-order valence-corrected chi connectivity index (χ1v) is 18.1. The van der Waals surface area contributed by atoms with E-state index in [9.17, 15) is 24.0 Å². The van der Waals surface area contributed by atoms with Gasteiger partial charge in [0.05, 0.1) is 34.7 Å². The van der Waals surface area contributed by atoms with Gasteiger partial charge in [-0.3, -0.25) is 24.1 Å². The largest absolute Gasteiger partial charge is 0.484 e. The Bertz CT molecular complexity index is 2050. The summed E-state index contributed by atoms with van der Waals surface area (Å²) in [5.41, 5.74) is 2.32. The topological polar surface area (TPSA) is 135 Å². The maximum absolute atomic E-state index is 14.1. The number of carbonyl (C=O) groups excluding carboxylic acids is 4. The van der Waals surface area contributed by atoms with Gasteiger partial charge in [-0.05, 0) is 97.3 Å². The van der Waals surface area contributed by atoms with Crippen molar-refractivity contribution in [3.8, 4) is 5.75 Å². The number of thioether (sulfide) groups is 1. The second kappa shape index (κ2) is 12.5. The quantitative estimate of drug-likeness (QED) is 0.169. The van der Waals surface area contributed by atoms with Crippen molar-refractivity contribution in [3.05, 3.63) is 103 Å². The van der Waals surface area contributed by atoms with Crippen LogP contribution in [0.3, 0.4) is 0 Å². The van der Waals surface area contributed by atoms with Crippen LogP contribution in [-0.4, -0.2) is 47.1 Å². The van der Waals surface area contributed by atoms with Crippen molar-refractivity contribution in [2.75, 3.05) is 23.4 Å². The number of carbonyl (C=O) groups is 4. The van der Waals surface area contributed by atoms with Crippen molar-refractivity contribution in [3.63, 3.8) is 0 Å². The monoisotopic (exact) mass is 715 g/mol. The van der Waals surface area contributed by atoms with Crippen molar-refractivity contribution in [1.82, 2.24) is 4.98 Å². The summed E-state index contributed by atoms with van der Waals surface area (Å²) < 4.78 is 11.0. The molecule has 0 radical (unpaired) electrons. The Morgan fingerprint density at radius 2 is 1.71 bits per heavy atom. The van der Waals surface area contributed by atoms with E-state index in [1.54, 1.807) is 73.3 Å². The summed E-state index contributed by atoms with van der Waals surface area (Å²) in [6, 6.07) is 20.8. The van der Waals surface area contributed by atoms with Crippen LogP contribution in [0, 0.1) is 29.6 Å². The van der Waals surface area contributed by atoms with E-state index in [4.69, 9.17) is 21.1 Å². The molecule has 2 saturated carbocycles. The lowest BCUT2D eigenvalue weighted by molar-refractivity contribution is -0.123. The van der Waals surface area contributed by atoms with E-state index in [1.807, 2.05) is 18.2 Å². The predicted molar refractivity (Wildman–Crippen MR) is 185 cm³/mol. The fourth-order valence-electron chi connectivity index (χ4n) is 8.28. The number of thiazole rings is 1. The highest BCUT2D eigenvalue weighted by Crippen LogP contribution is 2.68. The molecule has 0 spiro atoms. The van der Waals surface area contributed by atoms with Crippen LogP contribution in [0.4, 0.5) is 11.4 Å². The van der Waals surface area contributed by atoms with Crippen LogP contribution >= 0.6 is 34.7 Å². The number of esters is 1. The van der Waals surface area contributed by atoms with Gasteiger partial charge >= 0.3 is 10.8 Å². The summed E-state index contributed by atoms with van der Waals surface area (Å²) >= 11 is 8.74. The zero-order chi connectivity index (χ0) is 34.0. The second-order valence-electron chi connectivity index (χ2n) is 12.7. The fourth-order valence-corrected chi connectivity index (χ4v) is 11.3. The molecule has 8 rings (SSSR count). The molecule has 250 valence electrons. The Kier molecular flexibility index (Phi) is 8.12. The molecule has 3 fully saturated rings. The molecule has 3 aromatic carbocycles. The summed E-state index contributed by atoms with van der Waals surface area (Å²) in [7, 11) is 0. The number of hydrogen-bond acceptors (Lipinski definition) is 9. The van der Waals surface area contributed by atoms with Crippen LogP contribution in [0.25, 0.3) is 0 Å². The minimum atomic E-state index is -0.472. The number of anilines is 2. The van der Waals surface area contributed by atoms with Gasteiger partial charge in [-0.15, -0.1) is 11.8 Å². The lowest BCUT2D eigenvalue weighted by Gasteiger charge is -2.43. The third-order valence-electron chi connectivity index (χ3n) is 10.1. The lowest BCUT2D eigenvalue weighted by Crippen LogP contribution is -2.42. The van der Waals surface area contributed by atoms with E-state index in [0.717, 1.165) is 21.9 Å². The molecule has 2 N–H and O–H groups in total. The zero-order valence-electron chi connectivity index (χ0n) is 26.1. The van der Waals surface area contributed by atoms with Crippen LogP contribution in [-0.2, 0) is 19.1 Å². The minimum Gasteiger partial charge on any atom is -0.484 e. The number of aromatic amines is 1. The molecular weight excluding hydrogens is 686 g/mol. The number of halogens is 1. The van der Waals surface area contributed by atoms with Gasteiger partial charge in [-0.2, -0.15) is 0 Å². The molecule has 4 aliphatic rings. The molecule has 2 aliphatic carbocycles. The molecule has 7 atom stereocenters. The SMILES string of the molecule is CCOC(=O)c1ccc(N2C(=O)C3C4CC(C3C2=O)C2C4Sc3[nH]c(=O)sc3[C@@H]2c2cccc(OCC(=O)Nc3ccc(Cl)cc3)c2)cc1. The molecule has 4 aromatic rings. The standard InChI is InChI=1S/C36H30ClN3O7S2/c1-2-46-35(44)17-6-12-21(13-7-17)40-33(42)28-23-15-24(29(28)34(40)43)30-27(23)26(31-32(48-30)39-36(45)49-31)18-4-3-5-22(14-18)47-16-25(41)38-20-10-8-19(37)9-11-20/h3-14,23-24,26-30H,2,15-16H2,1H3,(H,38,41)(H,39,45)/t23?,24?,26-,27?,28?,29?,30?/m1/s1. The number of rotatable bonds is 8. The first kappa shape index (κ1) is 31.9.